The van der Waals surface area contributed by atoms with Gasteiger partial charge in [0.25, 0.3) is 7.52 Å². The Bertz CT molecular complexity index is 850. The van der Waals surface area contributed by atoms with Gasteiger partial charge in [0.1, 0.15) is 0 Å². The summed E-state index contributed by atoms with van der Waals surface area (Å²) in [4.78, 5) is 22.3. The third kappa shape index (κ3) is 6.81. The second-order valence-corrected chi connectivity index (χ2v) is 10.4. The molecular weight excluding hydrogens is 383 g/mol. The van der Waals surface area contributed by atoms with E-state index in [1.807, 2.05) is 24.3 Å². The second kappa shape index (κ2) is 10.2. The van der Waals surface area contributed by atoms with Crippen molar-refractivity contribution in [1.82, 2.24) is 5.09 Å². The molecule has 6 heteroatoms. The highest BCUT2D eigenvalue weighted by Crippen LogP contribution is 2.35. The van der Waals surface area contributed by atoms with E-state index in [4.69, 9.17) is 0 Å². The highest BCUT2D eigenvalue weighted by Gasteiger charge is 2.17. The topological polar surface area (TPSA) is 78.4 Å². The van der Waals surface area contributed by atoms with Crippen molar-refractivity contribution in [3.63, 3.8) is 0 Å². The summed E-state index contributed by atoms with van der Waals surface area (Å²) < 4.78 is 11.7. The van der Waals surface area contributed by atoms with Crippen molar-refractivity contribution < 1.29 is 14.3 Å². The Balaban J connectivity index is 2.07. The number of rotatable bonds is 9. The van der Waals surface area contributed by atoms with Gasteiger partial charge in [-0.25, -0.2) is 5.09 Å². The maximum atomic E-state index is 12.7. The van der Waals surface area contributed by atoms with Crippen LogP contribution in [0.2, 0.25) is 0 Å². The third-order valence-electron chi connectivity index (χ3n) is 5.08. The van der Waals surface area contributed by atoms with Crippen LogP contribution in [0.3, 0.4) is 0 Å². The van der Waals surface area contributed by atoms with E-state index in [2.05, 4.69) is 56.3 Å². The summed E-state index contributed by atoms with van der Waals surface area (Å²) in [5.74, 6) is 0.606. The average molecular weight is 417 g/mol. The monoisotopic (exact) mass is 416 g/mol. The van der Waals surface area contributed by atoms with Crippen LogP contribution >= 0.6 is 7.52 Å². The predicted molar refractivity (Wildman–Crippen MR) is 121 cm³/mol. The molecule has 1 amide bonds. The minimum atomic E-state index is -3.25. The van der Waals surface area contributed by atoms with Gasteiger partial charge in [-0.2, -0.15) is 0 Å². The molecule has 0 saturated heterocycles. The molecule has 1 unspecified atom stereocenters. The summed E-state index contributed by atoms with van der Waals surface area (Å²) in [7, 11) is -1.76. The number of amides is 1. The molecule has 0 heterocycles. The molecule has 0 spiro atoms. The van der Waals surface area contributed by atoms with Gasteiger partial charge in [-0.15, -0.1) is 0 Å². The van der Waals surface area contributed by atoms with Gasteiger partial charge in [0.15, 0.2) is 0 Å². The molecule has 1 atom stereocenters. The molecule has 0 aliphatic carbocycles. The Labute approximate surface area is 174 Å². The number of hydrogen-bond acceptors (Lipinski definition) is 2. The smallest absolute Gasteiger partial charge is 0.267 e. The number of benzene rings is 2. The molecule has 0 fully saturated rings. The van der Waals surface area contributed by atoms with Crippen LogP contribution in [0.25, 0.3) is 0 Å². The standard InChI is InChI=1S/C23H33N2O3P/c1-16(2)20-7-6-8-21(17(3)4)23(20)25-22(26)15-19-11-9-18(10-12-19)13-14-29(27,28)24-5/h6-12,16-17H,13-15H2,1-5H3,(H,25,26)(H2,24,27,28). The van der Waals surface area contributed by atoms with Gasteiger partial charge in [-0.05, 0) is 47.6 Å². The van der Waals surface area contributed by atoms with E-state index in [9.17, 15) is 14.3 Å². The number of aryl methyl sites for hydroxylation is 1. The SMILES string of the molecule is CNP(=O)(O)CCc1ccc(CC(=O)Nc2c(C(C)C)cccc2C(C)C)cc1. The summed E-state index contributed by atoms with van der Waals surface area (Å²) >= 11 is 0. The Hall–Kier alpha value is -1.94. The molecule has 0 aromatic heterocycles. The van der Waals surface area contributed by atoms with Crippen molar-refractivity contribution in [2.45, 2.75) is 52.4 Å². The van der Waals surface area contributed by atoms with Crippen LogP contribution in [0.1, 0.15) is 61.8 Å². The molecule has 2 aromatic rings. The van der Waals surface area contributed by atoms with Crippen molar-refractivity contribution in [3.05, 3.63) is 64.7 Å². The Morgan fingerprint density at radius 3 is 1.97 bits per heavy atom. The number of hydrogen-bond donors (Lipinski definition) is 3. The molecule has 158 valence electrons. The summed E-state index contributed by atoms with van der Waals surface area (Å²) in [6, 6.07) is 13.9. The molecule has 0 radical (unpaired) electrons. The van der Waals surface area contributed by atoms with Gasteiger partial charge in [-0.3, -0.25) is 9.36 Å². The summed E-state index contributed by atoms with van der Waals surface area (Å²) in [5.41, 5.74) is 5.13. The number of anilines is 1. The van der Waals surface area contributed by atoms with Crippen LogP contribution in [0.15, 0.2) is 42.5 Å². The summed E-state index contributed by atoms with van der Waals surface area (Å²) in [6.45, 7) is 8.53. The first kappa shape index (κ1) is 23.3. The van der Waals surface area contributed by atoms with Gasteiger partial charge < -0.3 is 10.2 Å². The first-order valence-electron chi connectivity index (χ1n) is 10.1. The lowest BCUT2D eigenvalue weighted by molar-refractivity contribution is -0.115. The number of carbonyl (C=O) groups excluding carboxylic acids is 1. The van der Waals surface area contributed by atoms with Gasteiger partial charge in [0.05, 0.1) is 6.42 Å². The normalized spacial score (nSPS) is 13.5. The summed E-state index contributed by atoms with van der Waals surface area (Å²) in [5, 5.41) is 5.60. The van der Waals surface area contributed by atoms with Crippen LogP contribution in [-0.4, -0.2) is 24.0 Å². The quantitative estimate of drug-likeness (QED) is 0.499. The lowest BCUT2D eigenvalue weighted by Crippen LogP contribution is -2.17. The van der Waals surface area contributed by atoms with E-state index in [-0.39, 0.29) is 12.1 Å². The molecule has 0 bridgehead atoms. The Kier molecular flexibility index (Phi) is 8.21. The van der Waals surface area contributed by atoms with E-state index >= 15 is 0 Å². The van der Waals surface area contributed by atoms with Gasteiger partial charge >= 0.3 is 0 Å². The van der Waals surface area contributed by atoms with Crippen LogP contribution < -0.4 is 10.4 Å². The zero-order valence-corrected chi connectivity index (χ0v) is 18.9. The lowest BCUT2D eigenvalue weighted by Gasteiger charge is -2.20. The van der Waals surface area contributed by atoms with Gasteiger partial charge in [0, 0.05) is 11.8 Å². The average Bonchev–Trinajstić information content (AvgIpc) is 2.67. The highest BCUT2D eigenvalue weighted by atomic mass is 31.2. The fourth-order valence-electron chi connectivity index (χ4n) is 3.28. The van der Waals surface area contributed by atoms with Gasteiger partial charge in [-0.1, -0.05) is 70.2 Å². The molecule has 2 aromatic carbocycles. The van der Waals surface area contributed by atoms with Crippen LogP contribution in [0.5, 0.6) is 0 Å². The molecule has 0 aliphatic rings. The predicted octanol–water partition coefficient (Wildman–Crippen LogP) is 5.06. The van der Waals surface area contributed by atoms with Crippen molar-refractivity contribution in [3.8, 4) is 0 Å². The van der Waals surface area contributed by atoms with Crippen LogP contribution in [-0.2, 0) is 22.2 Å². The fourth-order valence-corrected chi connectivity index (χ4v) is 4.07. The molecule has 3 N–H and O–H groups in total. The largest absolute Gasteiger partial charge is 0.333 e. The second-order valence-electron chi connectivity index (χ2n) is 8.06. The maximum Gasteiger partial charge on any atom is 0.267 e. The molecule has 2 rings (SSSR count). The van der Waals surface area contributed by atoms with Crippen molar-refractivity contribution in [1.29, 1.82) is 0 Å². The third-order valence-corrected chi connectivity index (χ3v) is 6.61. The molecular formula is C23H33N2O3P. The first-order chi connectivity index (χ1) is 13.6. The molecule has 29 heavy (non-hydrogen) atoms. The van der Waals surface area contributed by atoms with Crippen LogP contribution in [0, 0.1) is 0 Å². The van der Waals surface area contributed by atoms with Crippen LogP contribution in [0.4, 0.5) is 5.69 Å². The summed E-state index contributed by atoms with van der Waals surface area (Å²) in [6.07, 6.45) is 0.993. The van der Waals surface area contributed by atoms with Crippen molar-refractivity contribution in [2.24, 2.45) is 0 Å². The van der Waals surface area contributed by atoms with Gasteiger partial charge in [0.2, 0.25) is 5.91 Å². The van der Waals surface area contributed by atoms with E-state index in [0.717, 1.165) is 27.9 Å². The number of carbonyl (C=O) groups is 1. The number of nitrogens with one attached hydrogen (secondary N) is 2. The van der Waals surface area contributed by atoms with Crippen molar-refractivity contribution in [2.75, 3.05) is 18.5 Å². The van der Waals surface area contributed by atoms with Crippen molar-refractivity contribution >= 4 is 19.1 Å². The van der Waals surface area contributed by atoms with E-state index in [1.54, 1.807) is 0 Å². The minimum absolute atomic E-state index is 0.0391. The van der Waals surface area contributed by atoms with E-state index in [1.165, 1.54) is 7.05 Å². The molecule has 0 saturated carbocycles. The Morgan fingerprint density at radius 1 is 0.966 bits per heavy atom. The molecule has 0 aliphatic heterocycles. The minimum Gasteiger partial charge on any atom is -0.333 e. The zero-order valence-electron chi connectivity index (χ0n) is 18.0. The maximum absolute atomic E-state index is 12.7. The Morgan fingerprint density at radius 2 is 1.48 bits per heavy atom. The molecule has 5 nitrogen and oxygen atoms in total. The van der Waals surface area contributed by atoms with E-state index < -0.39 is 7.52 Å². The number of para-hydroxylation sites is 1. The fraction of sp³-hybridized carbons (Fsp3) is 0.435. The van der Waals surface area contributed by atoms with E-state index in [0.29, 0.717) is 24.7 Å². The highest BCUT2D eigenvalue weighted by molar-refractivity contribution is 7.55. The first-order valence-corrected chi connectivity index (χ1v) is 12.0. The lowest BCUT2D eigenvalue weighted by atomic mass is 9.92. The zero-order chi connectivity index (χ0) is 21.6.